The number of aromatic nitrogens is 1. The summed E-state index contributed by atoms with van der Waals surface area (Å²) in [6.45, 7) is 0. The summed E-state index contributed by atoms with van der Waals surface area (Å²) in [6, 6.07) is 0. The van der Waals surface area contributed by atoms with E-state index in [1.165, 1.54) is 23.2 Å². The molecular weight excluding hydrogens is 280 g/mol. The van der Waals surface area contributed by atoms with Gasteiger partial charge in [-0.2, -0.15) is 0 Å². The number of rotatable bonds is 3. The fourth-order valence-corrected chi connectivity index (χ4v) is 6.75. The molecule has 2 aliphatic rings. The number of hydrogen-bond acceptors (Lipinski definition) is 5. The molecule has 1 fully saturated rings. The van der Waals surface area contributed by atoms with E-state index in [1.54, 1.807) is 11.3 Å². The van der Waals surface area contributed by atoms with Crippen LogP contribution in [0.2, 0.25) is 0 Å². The number of fused-ring (bicyclic) bond motifs is 1. The highest BCUT2D eigenvalue weighted by molar-refractivity contribution is 7.91. The van der Waals surface area contributed by atoms with E-state index >= 15 is 0 Å². The van der Waals surface area contributed by atoms with Crippen LogP contribution in [0.5, 0.6) is 0 Å². The van der Waals surface area contributed by atoms with Gasteiger partial charge in [-0.25, -0.2) is 13.4 Å². The summed E-state index contributed by atoms with van der Waals surface area (Å²) >= 11 is 1.72. The van der Waals surface area contributed by atoms with Gasteiger partial charge in [-0.3, -0.25) is 0 Å². The van der Waals surface area contributed by atoms with Crippen molar-refractivity contribution in [1.29, 1.82) is 0 Å². The first kappa shape index (κ1) is 13.5. The molecule has 0 spiro atoms. The van der Waals surface area contributed by atoms with Crippen LogP contribution in [0.25, 0.3) is 0 Å². The zero-order valence-electron chi connectivity index (χ0n) is 11.4. The van der Waals surface area contributed by atoms with Crippen molar-refractivity contribution in [3.8, 4) is 0 Å². The van der Waals surface area contributed by atoms with Crippen molar-refractivity contribution < 1.29 is 8.42 Å². The molecule has 6 heteroatoms. The van der Waals surface area contributed by atoms with E-state index < -0.39 is 15.4 Å². The lowest BCUT2D eigenvalue weighted by Gasteiger charge is -2.32. The number of aryl methyl sites for hydroxylation is 2. The van der Waals surface area contributed by atoms with Crippen LogP contribution in [0, 0.1) is 0 Å². The first-order valence-corrected chi connectivity index (χ1v) is 9.61. The van der Waals surface area contributed by atoms with Crippen molar-refractivity contribution in [2.45, 2.75) is 49.3 Å². The van der Waals surface area contributed by atoms with Gasteiger partial charge in [0.05, 0.1) is 16.5 Å². The molecule has 106 valence electrons. The molecule has 1 aromatic rings. The van der Waals surface area contributed by atoms with Crippen LogP contribution in [-0.2, 0) is 28.2 Å². The minimum atomic E-state index is -3.06. The Hall–Kier alpha value is -0.460. The molecule has 0 bridgehead atoms. The van der Waals surface area contributed by atoms with Crippen molar-refractivity contribution in [3.63, 3.8) is 0 Å². The van der Waals surface area contributed by atoms with Gasteiger partial charge < -0.3 is 5.32 Å². The highest BCUT2D eigenvalue weighted by atomic mass is 32.2. The standard InChI is InChI=1S/C13H20N2O2S2/c1-14-13(8-4-7-11(13)19(2,16)17)12-15-9-5-3-6-10(9)18-12/h11,14H,3-8H2,1-2H3. The van der Waals surface area contributed by atoms with Gasteiger partial charge in [-0.05, 0) is 45.6 Å². The molecule has 1 heterocycles. The van der Waals surface area contributed by atoms with E-state index in [0.717, 1.165) is 37.1 Å². The van der Waals surface area contributed by atoms with Gasteiger partial charge in [-0.15, -0.1) is 11.3 Å². The number of nitrogens with zero attached hydrogens (tertiary/aromatic N) is 1. The second-order valence-corrected chi connectivity index (χ2v) is 8.99. The Morgan fingerprint density at radius 3 is 2.79 bits per heavy atom. The molecule has 1 aromatic heterocycles. The topological polar surface area (TPSA) is 59.1 Å². The van der Waals surface area contributed by atoms with Crippen LogP contribution in [0.3, 0.4) is 0 Å². The maximum Gasteiger partial charge on any atom is 0.152 e. The van der Waals surface area contributed by atoms with E-state index in [4.69, 9.17) is 4.98 Å². The molecule has 0 saturated heterocycles. The van der Waals surface area contributed by atoms with Crippen LogP contribution in [0.4, 0.5) is 0 Å². The number of nitrogens with one attached hydrogen (secondary N) is 1. The second kappa shape index (κ2) is 4.53. The normalized spacial score (nSPS) is 30.7. The van der Waals surface area contributed by atoms with E-state index in [1.807, 2.05) is 7.05 Å². The summed E-state index contributed by atoms with van der Waals surface area (Å²) in [5, 5.41) is 3.96. The summed E-state index contributed by atoms with van der Waals surface area (Å²) in [6.07, 6.45) is 7.26. The molecule has 2 atom stereocenters. The summed E-state index contributed by atoms with van der Waals surface area (Å²) in [7, 11) is -1.19. The number of thiazole rings is 1. The first-order chi connectivity index (χ1) is 8.97. The third-order valence-corrected chi connectivity index (χ3v) is 7.53. The summed E-state index contributed by atoms with van der Waals surface area (Å²) in [5.74, 6) is 0. The van der Waals surface area contributed by atoms with Crippen molar-refractivity contribution in [1.82, 2.24) is 10.3 Å². The Balaban J connectivity index is 2.07. The van der Waals surface area contributed by atoms with Crippen molar-refractivity contribution >= 4 is 21.2 Å². The number of hydrogen-bond donors (Lipinski definition) is 1. The summed E-state index contributed by atoms with van der Waals surface area (Å²) in [4.78, 5) is 6.14. The van der Waals surface area contributed by atoms with Gasteiger partial charge in [0, 0.05) is 11.1 Å². The Morgan fingerprint density at radius 2 is 2.16 bits per heavy atom. The Morgan fingerprint density at radius 1 is 1.37 bits per heavy atom. The lowest BCUT2D eigenvalue weighted by atomic mass is 9.98. The molecule has 0 aromatic carbocycles. The average molecular weight is 300 g/mol. The monoisotopic (exact) mass is 300 g/mol. The van der Waals surface area contributed by atoms with Crippen LogP contribution in [0.15, 0.2) is 0 Å². The molecule has 3 rings (SSSR count). The SMILES string of the molecule is CNC1(c2nc3c(s2)CCC3)CCCC1S(C)(=O)=O. The third-order valence-electron chi connectivity index (χ3n) is 4.53. The Labute approximate surface area is 118 Å². The van der Waals surface area contributed by atoms with Crippen LogP contribution >= 0.6 is 11.3 Å². The first-order valence-electron chi connectivity index (χ1n) is 6.84. The van der Waals surface area contributed by atoms with Gasteiger partial charge in [0.1, 0.15) is 5.01 Å². The van der Waals surface area contributed by atoms with Gasteiger partial charge in [-0.1, -0.05) is 0 Å². The van der Waals surface area contributed by atoms with Gasteiger partial charge in [0.2, 0.25) is 0 Å². The fraction of sp³-hybridized carbons (Fsp3) is 0.769. The molecular formula is C13H20N2O2S2. The maximum atomic E-state index is 12.1. The van der Waals surface area contributed by atoms with Gasteiger partial charge >= 0.3 is 0 Å². The molecule has 1 N–H and O–H groups in total. The van der Waals surface area contributed by atoms with E-state index in [2.05, 4.69) is 5.32 Å². The van der Waals surface area contributed by atoms with Crippen molar-refractivity contribution in [2.24, 2.45) is 0 Å². The molecule has 19 heavy (non-hydrogen) atoms. The lowest BCUT2D eigenvalue weighted by Crippen LogP contribution is -2.49. The van der Waals surface area contributed by atoms with Gasteiger partial charge in [0.15, 0.2) is 9.84 Å². The minimum absolute atomic E-state index is 0.337. The minimum Gasteiger partial charge on any atom is -0.307 e. The molecule has 2 aliphatic carbocycles. The van der Waals surface area contributed by atoms with E-state index in [9.17, 15) is 8.42 Å². The third kappa shape index (κ3) is 2.04. The highest BCUT2D eigenvalue weighted by Crippen LogP contribution is 2.45. The molecule has 1 saturated carbocycles. The van der Waals surface area contributed by atoms with Crippen molar-refractivity contribution in [2.75, 3.05) is 13.3 Å². The predicted octanol–water partition coefficient (Wildman–Crippen LogP) is 1.64. The quantitative estimate of drug-likeness (QED) is 0.922. The smallest absolute Gasteiger partial charge is 0.152 e. The molecule has 4 nitrogen and oxygen atoms in total. The average Bonchev–Trinajstić information content (AvgIpc) is 3.00. The summed E-state index contributed by atoms with van der Waals surface area (Å²) < 4.78 is 24.2. The maximum absolute atomic E-state index is 12.1. The van der Waals surface area contributed by atoms with Crippen molar-refractivity contribution in [3.05, 3.63) is 15.6 Å². The predicted molar refractivity (Wildman–Crippen MR) is 77.4 cm³/mol. The zero-order chi connectivity index (χ0) is 13.7. The highest BCUT2D eigenvalue weighted by Gasteiger charge is 2.50. The molecule has 2 unspecified atom stereocenters. The summed E-state index contributed by atoms with van der Waals surface area (Å²) in [5.41, 5.74) is 0.747. The van der Waals surface area contributed by atoms with Crippen LogP contribution in [0.1, 0.15) is 41.3 Å². The lowest BCUT2D eigenvalue weighted by molar-refractivity contribution is 0.368. The largest absolute Gasteiger partial charge is 0.307 e. The molecule has 0 aliphatic heterocycles. The zero-order valence-corrected chi connectivity index (χ0v) is 13.0. The number of sulfone groups is 1. The van der Waals surface area contributed by atoms with Gasteiger partial charge in [0.25, 0.3) is 0 Å². The fourth-order valence-electron chi connectivity index (χ4n) is 3.57. The van der Waals surface area contributed by atoms with E-state index in [0.29, 0.717) is 0 Å². The molecule has 0 radical (unpaired) electrons. The Kier molecular flexibility index (Phi) is 3.22. The van der Waals surface area contributed by atoms with Crippen LogP contribution in [-0.4, -0.2) is 32.0 Å². The Bertz CT molecular complexity index is 572. The van der Waals surface area contributed by atoms with E-state index in [-0.39, 0.29) is 5.25 Å². The molecule has 0 amide bonds. The second-order valence-electron chi connectivity index (χ2n) is 5.67. The van der Waals surface area contributed by atoms with Crippen LogP contribution < -0.4 is 5.32 Å².